The molecule has 2 aromatic rings. The van der Waals surface area contributed by atoms with E-state index in [1.807, 2.05) is 36.4 Å². The van der Waals surface area contributed by atoms with E-state index in [9.17, 15) is 4.79 Å². The number of benzene rings is 1. The van der Waals surface area contributed by atoms with E-state index in [0.29, 0.717) is 4.47 Å². The highest BCUT2D eigenvalue weighted by atomic mass is 79.9. The third-order valence-electron chi connectivity index (χ3n) is 2.29. The molecule has 0 atom stereocenters. The first kappa shape index (κ1) is 11.8. The van der Waals surface area contributed by atoms with E-state index < -0.39 is 5.97 Å². The molecule has 0 radical (unpaired) electrons. The summed E-state index contributed by atoms with van der Waals surface area (Å²) in [5.41, 5.74) is 1.99. The van der Waals surface area contributed by atoms with Gasteiger partial charge in [-0.25, -0.2) is 9.78 Å². The minimum Gasteiger partial charge on any atom is -0.464 e. The number of esters is 1. The van der Waals surface area contributed by atoms with E-state index in [0.717, 1.165) is 11.3 Å². The Morgan fingerprint density at radius 1 is 1.18 bits per heavy atom. The standard InChI is InChI=1S/C13H10BrNO2/c1-17-13(16)12-10(14)7-8-11(15-12)9-5-3-2-4-6-9/h2-8H,1H3. The molecule has 17 heavy (non-hydrogen) atoms. The number of pyridine rings is 1. The molecule has 2 rings (SSSR count). The molecule has 86 valence electrons. The molecule has 0 saturated heterocycles. The van der Waals surface area contributed by atoms with Gasteiger partial charge in [0.25, 0.3) is 0 Å². The van der Waals surface area contributed by atoms with E-state index in [1.54, 1.807) is 6.07 Å². The Morgan fingerprint density at radius 3 is 2.53 bits per heavy atom. The van der Waals surface area contributed by atoms with Crippen molar-refractivity contribution in [3.63, 3.8) is 0 Å². The normalized spacial score (nSPS) is 10.0. The summed E-state index contributed by atoms with van der Waals surface area (Å²) in [5.74, 6) is -0.449. The van der Waals surface area contributed by atoms with Gasteiger partial charge in [-0.2, -0.15) is 0 Å². The second-order valence-corrected chi connectivity index (χ2v) is 4.24. The Hall–Kier alpha value is -1.68. The number of carbonyl (C=O) groups is 1. The molecule has 3 nitrogen and oxygen atoms in total. The van der Waals surface area contributed by atoms with Crippen LogP contribution in [-0.2, 0) is 4.74 Å². The Balaban J connectivity index is 2.48. The first-order valence-corrected chi connectivity index (χ1v) is 5.82. The van der Waals surface area contributed by atoms with Crippen LogP contribution in [0.2, 0.25) is 0 Å². The van der Waals surface area contributed by atoms with Crippen LogP contribution in [0.3, 0.4) is 0 Å². The van der Waals surface area contributed by atoms with Gasteiger partial charge in [-0.1, -0.05) is 30.3 Å². The molecule has 1 aromatic carbocycles. The second-order valence-electron chi connectivity index (χ2n) is 3.38. The summed E-state index contributed by atoms with van der Waals surface area (Å²) in [6, 6.07) is 13.3. The molecule has 0 aliphatic heterocycles. The molecular weight excluding hydrogens is 282 g/mol. The topological polar surface area (TPSA) is 39.2 Å². The number of ether oxygens (including phenoxy) is 1. The lowest BCUT2D eigenvalue weighted by molar-refractivity contribution is 0.0593. The zero-order valence-electron chi connectivity index (χ0n) is 9.18. The summed E-state index contributed by atoms with van der Waals surface area (Å²) in [4.78, 5) is 15.8. The average molecular weight is 292 g/mol. The minimum absolute atomic E-state index is 0.286. The van der Waals surface area contributed by atoms with E-state index >= 15 is 0 Å². The van der Waals surface area contributed by atoms with Crippen molar-refractivity contribution in [1.82, 2.24) is 4.98 Å². The van der Waals surface area contributed by atoms with Gasteiger partial charge in [0.15, 0.2) is 5.69 Å². The number of nitrogens with zero attached hydrogens (tertiary/aromatic N) is 1. The second kappa shape index (κ2) is 5.10. The van der Waals surface area contributed by atoms with E-state index in [4.69, 9.17) is 0 Å². The van der Waals surface area contributed by atoms with Gasteiger partial charge in [0.2, 0.25) is 0 Å². The van der Waals surface area contributed by atoms with Crippen LogP contribution >= 0.6 is 15.9 Å². The molecule has 4 heteroatoms. The molecule has 0 fully saturated rings. The van der Waals surface area contributed by atoms with Gasteiger partial charge in [-0.15, -0.1) is 0 Å². The monoisotopic (exact) mass is 291 g/mol. The van der Waals surface area contributed by atoms with E-state index in [-0.39, 0.29) is 5.69 Å². The van der Waals surface area contributed by atoms with Crippen molar-refractivity contribution in [3.8, 4) is 11.3 Å². The largest absolute Gasteiger partial charge is 0.464 e. The van der Waals surface area contributed by atoms with Gasteiger partial charge in [0, 0.05) is 5.56 Å². The summed E-state index contributed by atoms with van der Waals surface area (Å²) in [6.45, 7) is 0. The number of rotatable bonds is 2. The first-order chi connectivity index (χ1) is 8.22. The van der Waals surface area contributed by atoms with Crippen molar-refractivity contribution in [2.45, 2.75) is 0 Å². The van der Waals surface area contributed by atoms with Crippen LogP contribution in [0.5, 0.6) is 0 Å². The fraction of sp³-hybridized carbons (Fsp3) is 0.0769. The third-order valence-corrected chi connectivity index (χ3v) is 2.93. The van der Waals surface area contributed by atoms with Crippen LogP contribution in [-0.4, -0.2) is 18.1 Å². The lowest BCUT2D eigenvalue weighted by Crippen LogP contribution is -2.06. The van der Waals surface area contributed by atoms with Crippen LogP contribution in [0.25, 0.3) is 11.3 Å². The van der Waals surface area contributed by atoms with Gasteiger partial charge in [0.1, 0.15) is 0 Å². The smallest absolute Gasteiger partial charge is 0.357 e. The highest BCUT2D eigenvalue weighted by molar-refractivity contribution is 9.10. The maximum absolute atomic E-state index is 11.5. The average Bonchev–Trinajstić information content (AvgIpc) is 2.39. The molecule has 0 aliphatic rings. The van der Waals surface area contributed by atoms with Crippen LogP contribution in [0.15, 0.2) is 46.9 Å². The van der Waals surface area contributed by atoms with Crippen LogP contribution in [0, 0.1) is 0 Å². The number of halogens is 1. The molecule has 0 spiro atoms. The van der Waals surface area contributed by atoms with Gasteiger partial charge in [-0.05, 0) is 28.1 Å². The summed E-state index contributed by atoms with van der Waals surface area (Å²) in [7, 11) is 1.34. The summed E-state index contributed by atoms with van der Waals surface area (Å²) in [5, 5.41) is 0. The van der Waals surface area contributed by atoms with E-state index in [1.165, 1.54) is 7.11 Å². The maximum atomic E-state index is 11.5. The number of carbonyl (C=O) groups excluding carboxylic acids is 1. The number of methoxy groups -OCH3 is 1. The number of aromatic nitrogens is 1. The quantitative estimate of drug-likeness (QED) is 0.797. The van der Waals surface area contributed by atoms with Crippen LogP contribution in [0.1, 0.15) is 10.5 Å². The number of hydrogen-bond acceptors (Lipinski definition) is 3. The zero-order chi connectivity index (χ0) is 12.3. The van der Waals surface area contributed by atoms with Crippen molar-refractivity contribution in [1.29, 1.82) is 0 Å². The van der Waals surface area contributed by atoms with Gasteiger partial charge in [0.05, 0.1) is 17.3 Å². The first-order valence-electron chi connectivity index (χ1n) is 5.02. The predicted octanol–water partition coefficient (Wildman–Crippen LogP) is 3.30. The molecule has 0 bridgehead atoms. The Labute approximate surface area is 108 Å². The third kappa shape index (κ3) is 2.53. The molecule has 1 aromatic heterocycles. The minimum atomic E-state index is -0.449. The fourth-order valence-corrected chi connectivity index (χ4v) is 1.83. The Bertz CT molecular complexity index is 540. The Morgan fingerprint density at radius 2 is 1.88 bits per heavy atom. The Kier molecular flexibility index (Phi) is 3.54. The predicted molar refractivity (Wildman–Crippen MR) is 68.7 cm³/mol. The van der Waals surface area contributed by atoms with Crippen molar-refractivity contribution < 1.29 is 9.53 Å². The lowest BCUT2D eigenvalue weighted by atomic mass is 10.1. The van der Waals surface area contributed by atoms with Crippen molar-refractivity contribution in [2.75, 3.05) is 7.11 Å². The summed E-state index contributed by atoms with van der Waals surface area (Å²) >= 11 is 3.28. The van der Waals surface area contributed by atoms with Crippen molar-refractivity contribution in [3.05, 3.63) is 52.6 Å². The highest BCUT2D eigenvalue weighted by Gasteiger charge is 2.13. The molecule has 0 saturated carbocycles. The maximum Gasteiger partial charge on any atom is 0.357 e. The van der Waals surface area contributed by atoms with Crippen molar-refractivity contribution >= 4 is 21.9 Å². The van der Waals surface area contributed by atoms with Gasteiger partial charge < -0.3 is 4.74 Å². The van der Waals surface area contributed by atoms with Gasteiger partial charge in [-0.3, -0.25) is 0 Å². The summed E-state index contributed by atoms with van der Waals surface area (Å²) < 4.78 is 5.31. The summed E-state index contributed by atoms with van der Waals surface area (Å²) in [6.07, 6.45) is 0. The van der Waals surface area contributed by atoms with Crippen LogP contribution < -0.4 is 0 Å². The SMILES string of the molecule is COC(=O)c1nc(-c2ccccc2)ccc1Br. The molecule has 0 N–H and O–H groups in total. The fourth-order valence-electron chi connectivity index (χ4n) is 1.45. The highest BCUT2D eigenvalue weighted by Crippen LogP contribution is 2.22. The van der Waals surface area contributed by atoms with Crippen LogP contribution in [0.4, 0.5) is 0 Å². The molecular formula is C13H10BrNO2. The molecule has 0 aliphatic carbocycles. The van der Waals surface area contributed by atoms with Crippen molar-refractivity contribution in [2.24, 2.45) is 0 Å². The molecule has 0 amide bonds. The lowest BCUT2D eigenvalue weighted by Gasteiger charge is -2.05. The molecule has 0 unspecified atom stereocenters. The van der Waals surface area contributed by atoms with Gasteiger partial charge >= 0.3 is 5.97 Å². The molecule has 1 heterocycles. The number of hydrogen-bond donors (Lipinski definition) is 0. The zero-order valence-corrected chi connectivity index (χ0v) is 10.8. The van der Waals surface area contributed by atoms with E-state index in [2.05, 4.69) is 25.7 Å².